The minimum atomic E-state index is -1.53. The van der Waals surface area contributed by atoms with Gasteiger partial charge >= 0.3 is 0 Å². The Balaban J connectivity index is 1.57. The van der Waals surface area contributed by atoms with Crippen molar-refractivity contribution in [1.82, 2.24) is 0 Å². The molecule has 164 valence electrons. The molecule has 2 heterocycles. The summed E-state index contributed by atoms with van der Waals surface area (Å²) in [6.07, 6.45) is 0.642. The van der Waals surface area contributed by atoms with Crippen LogP contribution >= 0.6 is 0 Å². The SMILES string of the molecule is CC(C)Oc1ccc(C2(O)OCC(c3ccc4c(c3)OCO4)=C2Cc2ccccc2)cc1. The molecule has 1 unspecified atom stereocenters. The molecule has 3 aromatic carbocycles. The molecule has 0 saturated heterocycles. The van der Waals surface area contributed by atoms with Gasteiger partial charge in [-0.2, -0.15) is 0 Å². The Kier molecular flexibility index (Phi) is 5.37. The molecule has 0 radical (unpaired) electrons. The summed E-state index contributed by atoms with van der Waals surface area (Å²) < 4.78 is 22.9. The van der Waals surface area contributed by atoms with Crippen molar-refractivity contribution in [2.45, 2.75) is 32.2 Å². The lowest BCUT2D eigenvalue weighted by atomic mass is 9.88. The fraction of sp³-hybridized carbons (Fsp3) is 0.259. The minimum Gasteiger partial charge on any atom is -0.491 e. The number of rotatable bonds is 6. The van der Waals surface area contributed by atoms with E-state index in [4.69, 9.17) is 18.9 Å². The second-order valence-corrected chi connectivity index (χ2v) is 8.31. The normalized spacial score (nSPS) is 19.6. The van der Waals surface area contributed by atoms with E-state index in [9.17, 15) is 5.11 Å². The summed E-state index contributed by atoms with van der Waals surface area (Å²) >= 11 is 0. The van der Waals surface area contributed by atoms with Gasteiger partial charge in [-0.1, -0.05) is 36.4 Å². The van der Waals surface area contributed by atoms with Crippen molar-refractivity contribution in [3.8, 4) is 17.2 Å². The van der Waals surface area contributed by atoms with Gasteiger partial charge in [0.1, 0.15) is 5.75 Å². The topological polar surface area (TPSA) is 57.2 Å². The summed E-state index contributed by atoms with van der Waals surface area (Å²) in [5.74, 6) is 0.668. The zero-order valence-corrected chi connectivity index (χ0v) is 18.2. The minimum absolute atomic E-state index is 0.0813. The molecule has 0 spiro atoms. The molecular weight excluding hydrogens is 404 g/mol. The smallest absolute Gasteiger partial charge is 0.231 e. The quantitative estimate of drug-likeness (QED) is 0.591. The number of ether oxygens (including phenoxy) is 4. The van der Waals surface area contributed by atoms with Crippen molar-refractivity contribution in [3.63, 3.8) is 0 Å². The third-order valence-electron chi connectivity index (χ3n) is 5.76. The van der Waals surface area contributed by atoms with Crippen LogP contribution in [0.2, 0.25) is 0 Å². The third-order valence-corrected chi connectivity index (χ3v) is 5.76. The molecule has 0 aliphatic carbocycles. The van der Waals surface area contributed by atoms with Crippen LogP contribution in [0.3, 0.4) is 0 Å². The van der Waals surface area contributed by atoms with Crippen LogP contribution in [-0.2, 0) is 16.9 Å². The standard InChI is InChI=1S/C27H26O5/c1-18(2)32-22-11-9-21(10-12-22)27(28)24(14-19-6-4-3-5-7-19)23(16-31-27)20-8-13-25-26(15-20)30-17-29-25/h3-13,15,18,28H,14,16-17H2,1-2H3. The highest BCUT2D eigenvalue weighted by Crippen LogP contribution is 2.45. The van der Waals surface area contributed by atoms with E-state index in [2.05, 4.69) is 12.1 Å². The van der Waals surface area contributed by atoms with Crippen LogP contribution in [-0.4, -0.2) is 24.6 Å². The zero-order valence-electron chi connectivity index (χ0n) is 18.2. The van der Waals surface area contributed by atoms with E-state index in [0.717, 1.165) is 33.8 Å². The van der Waals surface area contributed by atoms with Crippen LogP contribution in [0.5, 0.6) is 17.2 Å². The monoisotopic (exact) mass is 430 g/mol. The summed E-state index contributed by atoms with van der Waals surface area (Å²) in [4.78, 5) is 0. The second-order valence-electron chi connectivity index (χ2n) is 8.31. The lowest BCUT2D eigenvalue weighted by Gasteiger charge is -2.27. The number of hydrogen-bond donors (Lipinski definition) is 1. The Labute approximate surface area is 187 Å². The summed E-state index contributed by atoms with van der Waals surface area (Å²) in [5, 5.41) is 11.8. The predicted molar refractivity (Wildman–Crippen MR) is 122 cm³/mol. The summed E-state index contributed by atoms with van der Waals surface area (Å²) in [7, 11) is 0. The van der Waals surface area contributed by atoms with Crippen LogP contribution in [0, 0.1) is 0 Å². The molecule has 5 rings (SSSR count). The van der Waals surface area contributed by atoms with Crippen molar-refractivity contribution < 1.29 is 24.1 Å². The summed E-state index contributed by atoms with van der Waals surface area (Å²) in [5.41, 5.74) is 4.51. The van der Waals surface area contributed by atoms with Crippen molar-refractivity contribution in [3.05, 3.63) is 95.1 Å². The van der Waals surface area contributed by atoms with Gasteiger partial charge in [-0.05, 0) is 73.4 Å². The van der Waals surface area contributed by atoms with Crippen LogP contribution in [0.4, 0.5) is 0 Å². The van der Waals surface area contributed by atoms with Crippen LogP contribution < -0.4 is 14.2 Å². The Bertz CT molecular complexity index is 1130. The average molecular weight is 431 g/mol. The highest BCUT2D eigenvalue weighted by molar-refractivity contribution is 5.75. The molecule has 0 saturated carbocycles. The lowest BCUT2D eigenvalue weighted by molar-refractivity contribution is -0.162. The Morgan fingerprint density at radius 1 is 0.938 bits per heavy atom. The lowest BCUT2D eigenvalue weighted by Crippen LogP contribution is -2.29. The third kappa shape index (κ3) is 3.85. The molecule has 0 fully saturated rings. The van der Waals surface area contributed by atoms with Gasteiger partial charge in [0, 0.05) is 11.1 Å². The first-order valence-electron chi connectivity index (χ1n) is 10.8. The molecule has 0 bridgehead atoms. The summed E-state index contributed by atoms with van der Waals surface area (Å²) in [6.45, 7) is 4.49. The van der Waals surface area contributed by atoms with Gasteiger partial charge in [0.05, 0.1) is 12.7 Å². The van der Waals surface area contributed by atoms with Crippen LogP contribution in [0.15, 0.2) is 78.4 Å². The fourth-order valence-corrected chi connectivity index (χ4v) is 4.21. The zero-order chi connectivity index (χ0) is 22.1. The molecule has 1 N–H and O–H groups in total. The van der Waals surface area contributed by atoms with E-state index < -0.39 is 5.79 Å². The number of aliphatic hydroxyl groups is 1. The molecule has 0 aromatic heterocycles. The van der Waals surface area contributed by atoms with E-state index in [1.807, 2.05) is 74.5 Å². The van der Waals surface area contributed by atoms with Crippen LogP contribution in [0.1, 0.15) is 30.5 Å². The molecule has 5 heteroatoms. The van der Waals surface area contributed by atoms with Crippen molar-refractivity contribution in [1.29, 1.82) is 0 Å². The molecular formula is C27H26O5. The first-order valence-corrected chi connectivity index (χ1v) is 10.8. The van der Waals surface area contributed by atoms with Gasteiger partial charge in [-0.25, -0.2) is 0 Å². The van der Waals surface area contributed by atoms with E-state index in [1.54, 1.807) is 0 Å². The molecule has 1 atom stereocenters. The number of hydrogen-bond acceptors (Lipinski definition) is 5. The predicted octanol–water partition coefficient (Wildman–Crippen LogP) is 5.07. The maximum Gasteiger partial charge on any atom is 0.231 e. The molecule has 2 aliphatic heterocycles. The van der Waals surface area contributed by atoms with Gasteiger partial charge < -0.3 is 24.1 Å². The number of fused-ring (bicyclic) bond motifs is 1. The largest absolute Gasteiger partial charge is 0.491 e. The highest BCUT2D eigenvalue weighted by atomic mass is 16.7. The van der Waals surface area contributed by atoms with Crippen LogP contribution in [0.25, 0.3) is 5.57 Å². The molecule has 2 aliphatic rings. The van der Waals surface area contributed by atoms with E-state index in [-0.39, 0.29) is 12.9 Å². The Morgan fingerprint density at radius 2 is 1.69 bits per heavy atom. The highest BCUT2D eigenvalue weighted by Gasteiger charge is 2.42. The fourth-order valence-electron chi connectivity index (χ4n) is 4.21. The Hall–Kier alpha value is -3.28. The second kappa shape index (κ2) is 8.34. The Morgan fingerprint density at radius 3 is 2.44 bits per heavy atom. The van der Waals surface area contributed by atoms with Crippen molar-refractivity contribution >= 4 is 5.57 Å². The maximum absolute atomic E-state index is 11.8. The van der Waals surface area contributed by atoms with Crippen molar-refractivity contribution in [2.75, 3.05) is 13.4 Å². The van der Waals surface area contributed by atoms with Crippen molar-refractivity contribution in [2.24, 2.45) is 0 Å². The molecule has 32 heavy (non-hydrogen) atoms. The van der Waals surface area contributed by atoms with Gasteiger partial charge in [-0.15, -0.1) is 0 Å². The van der Waals surface area contributed by atoms with Gasteiger partial charge in [0.25, 0.3) is 0 Å². The van der Waals surface area contributed by atoms with Gasteiger partial charge in [-0.3, -0.25) is 0 Å². The summed E-state index contributed by atoms with van der Waals surface area (Å²) in [6, 6.07) is 23.4. The van der Waals surface area contributed by atoms with E-state index in [1.165, 1.54) is 0 Å². The van der Waals surface area contributed by atoms with Gasteiger partial charge in [0.2, 0.25) is 12.6 Å². The first kappa shape index (κ1) is 20.6. The molecule has 0 amide bonds. The van der Waals surface area contributed by atoms with E-state index in [0.29, 0.717) is 24.3 Å². The first-order chi connectivity index (χ1) is 15.5. The average Bonchev–Trinajstić information content (AvgIpc) is 3.39. The number of benzene rings is 3. The molecule has 3 aromatic rings. The van der Waals surface area contributed by atoms with Gasteiger partial charge in [0.15, 0.2) is 11.5 Å². The maximum atomic E-state index is 11.8. The molecule has 5 nitrogen and oxygen atoms in total. The van der Waals surface area contributed by atoms with E-state index >= 15 is 0 Å².